The number of aliphatic hydroxyl groups excluding tert-OH is 1. The second kappa shape index (κ2) is 8.85. The minimum absolute atomic E-state index is 0.290. The molecule has 0 amide bonds. The molecule has 2 nitrogen and oxygen atoms in total. The molecule has 2 N–H and O–H groups in total. The van der Waals surface area contributed by atoms with Crippen molar-refractivity contribution in [2.45, 2.75) is 44.9 Å². The van der Waals surface area contributed by atoms with E-state index >= 15 is 0 Å². The molecule has 0 heterocycles. The first-order chi connectivity index (χ1) is 6.24. The van der Waals surface area contributed by atoms with Gasteiger partial charge < -0.3 is 10.4 Å². The Morgan fingerprint density at radius 3 is 2.54 bits per heavy atom. The van der Waals surface area contributed by atoms with Crippen LogP contribution in [0.4, 0.5) is 0 Å². The van der Waals surface area contributed by atoms with Gasteiger partial charge in [0.05, 0.1) is 0 Å². The van der Waals surface area contributed by atoms with E-state index in [2.05, 4.69) is 26.1 Å². The molecule has 0 aliphatic carbocycles. The summed E-state index contributed by atoms with van der Waals surface area (Å²) in [5, 5.41) is 13.0. The Morgan fingerprint density at radius 1 is 1.38 bits per heavy atom. The van der Waals surface area contributed by atoms with E-state index in [0.29, 0.717) is 12.6 Å². The van der Waals surface area contributed by atoms with Crippen LogP contribution in [0.1, 0.15) is 33.6 Å². The number of nitrogens with one attached hydrogen (secondary N) is 1. The highest BCUT2D eigenvalue weighted by Gasteiger charge is 2.08. The van der Waals surface area contributed by atoms with E-state index in [-0.39, 0.29) is 0 Å². The van der Waals surface area contributed by atoms with Crippen LogP contribution in [0.25, 0.3) is 0 Å². The Balaban J connectivity index is 3.55. The summed E-state index contributed by atoms with van der Waals surface area (Å²) in [7, 11) is 0. The maximum Gasteiger partial charge on any atom is 0.0446 e. The Kier molecular flexibility index (Phi) is 9.03. The summed E-state index contributed by atoms with van der Waals surface area (Å²) in [6.07, 6.45) is 2.10. The summed E-state index contributed by atoms with van der Waals surface area (Å²) in [5.41, 5.74) is 0. The zero-order valence-corrected chi connectivity index (χ0v) is 9.86. The monoisotopic (exact) mass is 205 g/mol. The molecule has 0 fully saturated rings. The molecule has 13 heavy (non-hydrogen) atoms. The third-order valence-electron chi connectivity index (χ3n) is 2.13. The Hall–Kier alpha value is 0.270. The minimum atomic E-state index is 0.290. The van der Waals surface area contributed by atoms with E-state index in [4.69, 9.17) is 5.11 Å². The number of hydrogen-bond acceptors (Lipinski definition) is 3. The van der Waals surface area contributed by atoms with E-state index in [1.807, 2.05) is 11.8 Å². The molecule has 0 saturated heterocycles. The van der Waals surface area contributed by atoms with Crippen molar-refractivity contribution in [1.82, 2.24) is 5.32 Å². The molecule has 2 unspecified atom stereocenters. The van der Waals surface area contributed by atoms with Crippen LogP contribution in [0, 0.1) is 0 Å². The normalized spacial score (nSPS) is 15.7. The van der Waals surface area contributed by atoms with E-state index < -0.39 is 0 Å². The molecule has 0 aromatic heterocycles. The van der Waals surface area contributed by atoms with Crippen molar-refractivity contribution < 1.29 is 5.11 Å². The number of rotatable bonds is 8. The van der Waals surface area contributed by atoms with Crippen LogP contribution in [-0.4, -0.2) is 35.3 Å². The fourth-order valence-electron chi connectivity index (χ4n) is 1.09. The average Bonchev–Trinajstić information content (AvgIpc) is 2.14. The topological polar surface area (TPSA) is 32.3 Å². The van der Waals surface area contributed by atoms with Crippen molar-refractivity contribution in [1.29, 1.82) is 0 Å². The van der Waals surface area contributed by atoms with Gasteiger partial charge in [0.15, 0.2) is 0 Å². The molecule has 0 spiro atoms. The summed E-state index contributed by atoms with van der Waals surface area (Å²) < 4.78 is 0. The van der Waals surface area contributed by atoms with Crippen molar-refractivity contribution in [2.75, 3.05) is 18.9 Å². The van der Waals surface area contributed by atoms with Crippen LogP contribution in [0.15, 0.2) is 0 Å². The number of hydrogen-bond donors (Lipinski definition) is 2. The molecule has 80 valence electrons. The van der Waals surface area contributed by atoms with Crippen LogP contribution >= 0.6 is 11.8 Å². The Labute approximate surface area is 86.5 Å². The van der Waals surface area contributed by atoms with Crippen LogP contribution in [0.2, 0.25) is 0 Å². The van der Waals surface area contributed by atoms with Gasteiger partial charge in [-0.2, -0.15) is 11.8 Å². The van der Waals surface area contributed by atoms with Gasteiger partial charge in [0.1, 0.15) is 0 Å². The standard InChI is InChI=1S/C10H23NOS/c1-4-9(3)13-8-10(6-7-12)11-5-2/h9-12H,4-8H2,1-3H3. The average molecular weight is 205 g/mol. The summed E-state index contributed by atoms with van der Waals surface area (Å²) in [6, 6.07) is 0.481. The number of aliphatic hydroxyl groups is 1. The maximum absolute atomic E-state index is 8.84. The second-order valence-electron chi connectivity index (χ2n) is 3.32. The van der Waals surface area contributed by atoms with Gasteiger partial charge in [-0.15, -0.1) is 0 Å². The summed E-state index contributed by atoms with van der Waals surface area (Å²) in [6.45, 7) is 7.86. The predicted octanol–water partition coefficient (Wildman–Crippen LogP) is 1.88. The SMILES string of the molecule is CCNC(CCO)CSC(C)CC. The molecular formula is C10H23NOS. The third kappa shape index (κ3) is 7.35. The minimum Gasteiger partial charge on any atom is -0.396 e. The van der Waals surface area contributed by atoms with Crippen molar-refractivity contribution >= 4 is 11.8 Å². The molecule has 2 atom stereocenters. The molecule has 0 aromatic rings. The highest BCUT2D eigenvalue weighted by atomic mass is 32.2. The first kappa shape index (κ1) is 13.3. The van der Waals surface area contributed by atoms with Gasteiger partial charge in [-0.3, -0.25) is 0 Å². The molecule has 0 aliphatic heterocycles. The number of thioether (sulfide) groups is 1. The zero-order chi connectivity index (χ0) is 10.1. The smallest absolute Gasteiger partial charge is 0.0446 e. The van der Waals surface area contributed by atoms with Gasteiger partial charge in [0, 0.05) is 23.7 Å². The fourth-order valence-corrected chi connectivity index (χ4v) is 2.17. The van der Waals surface area contributed by atoms with E-state index in [1.54, 1.807) is 0 Å². The lowest BCUT2D eigenvalue weighted by molar-refractivity contribution is 0.271. The van der Waals surface area contributed by atoms with E-state index in [9.17, 15) is 0 Å². The second-order valence-corrected chi connectivity index (χ2v) is 4.79. The molecule has 0 radical (unpaired) electrons. The van der Waals surface area contributed by atoms with Gasteiger partial charge in [-0.25, -0.2) is 0 Å². The van der Waals surface area contributed by atoms with Crippen LogP contribution < -0.4 is 5.32 Å². The lowest BCUT2D eigenvalue weighted by Crippen LogP contribution is -2.32. The third-order valence-corrected chi connectivity index (χ3v) is 3.62. The fraction of sp³-hybridized carbons (Fsp3) is 1.00. The van der Waals surface area contributed by atoms with Crippen LogP contribution in [0.5, 0.6) is 0 Å². The quantitative estimate of drug-likeness (QED) is 0.634. The van der Waals surface area contributed by atoms with Gasteiger partial charge in [-0.1, -0.05) is 20.8 Å². The summed E-state index contributed by atoms with van der Waals surface area (Å²) in [5.74, 6) is 1.11. The lowest BCUT2D eigenvalue weighted by atomic mass is 10.2. The predicted molar refractivity (Wildman–Crippen MR) is 61.4 cm³/mol. The van der Waals surface area contributed by atoms with Crippen molar-refractivity contribution in [2.24, 2.45) is 0 Å². The highest BCUT2D eigenvalue weighted by Crippen LogP contribution is 2.15. The van der Waals surface area contributed by atoms with Gasteiger partial charge in [-0.05, 0) is 19.4 Å². The van der Waals surface area contributed by atoms with Crippen LogP contribution in [-0.2, 0) is 0 Å². The molecule has 0 aromatic carbocycles. The molecule has 0 saturated carbocycles. The Morgan fingerprint density at radius 2 is 2.08 bits per heavy atom. The molecule has 3 heteroatoms. The van der Waals surface area contributed by atoms with E-state index in [0.717, 1.165) is 24.0 Å². The van der Waals surface area contributed by atoms with Gasteiger partial charge >= 0.3 is 0 Å². The molecule has 0 rings (SSSR count). The van der Waals surface area contributed by atoms with Crippen molar-refractivity contribution in [3.8, 4) is 0 Å². The zero-order valence-electron chi connectivity index (χ0n) is 9.05. The Bertz CT molecular complexity index is 105. The van der Waals surface area contributed by atoms with Gasteiger partial charge in [0.2, 0.25) is 0 Å². The lowest BCUT2D eigenvalue weighted by Gasteiger charge is -2.18. The molecule has 0 bridgehead atoms. The summed E-state index contributed by atoms with van der Waals surface area (Å²) >= 11 is 1.99. The van der Waals surface area contributed by atoms with Crippen molar-refractivity contribution in [3.63, 3.8) is 0 Å². The highest BCUT2D eigenvalue weighted by molar-refractivity contribution is 7.99. The van der Waals surface area contributed by atoms with Crippen molar-refractivity contribution in [3.05, 3.63) is 0 Å². The molecule has 0 aliphatic rings. The first-order valence-corrected chi connectivity index (χ1v) is 6.25. The molecular weight excluding hydrogens is 182 g/mol. The van der Waals surface area contributed by atoms with Crippen LogP contribution in [0.3, 0.4) is 0 Å². The summed E-state index contributed by atoms with van der Waals surface area (Å²) in [4.78, 5) is 0. The first-order valence-electron chi connectivity index (χ1n) is 5.20. The van der Waals surface area contributed by atoms with Gasteiger partial charge in [0.25, 0.3) is 0 Å². The van der Waals surface area contributed by atoms with E-state index in [1.165, 1.54) is 6.42 Å². The maximum atomic E-state index is 8.84. The largest absolute Gasteiger partial charge is 0.396 e.